The van der Waals surface area contributed by atoms with Gasteiger partial charge in [0.1, 0.15) is 12.0 Å². The lowest BCUT2D eigenvalue weighted by molar-refractivity contribution is -0.386. The second kappa shape index (κ2) is 7.96. The number of ether oxygens (including phenoxy) is 2. The van der Waals surface area contributed by atoms with Crippen molar-refractivity contribution in [1.82, 2.24) is 4.98 Å². The van der Waals surface area contributed by atoms with E-state index < -0.39 is 23.0 Å². The van der Waals surface area contributed by atoms with Crippen LogP contribution in [0.1, 0.15) is 44.8 Å². The summed E-state index contributed by atoms with van der Waals surface area (Å²) in [6, 6.07) is 1.50. The normalized spacial score (nSPS) is 23.8. The molecule has 0 aromatic carbocycles. The molecule has 2 heterocycles. The van der Waals surface area contributed by atoms with Gasteiger partial charge in [-0.25, -0.2) is 0 Å². The number of esters is 1. The minimum atomic E-state index is -0.672. The molecule has 1 fully saturated rings. The molecule has 1 aromatic rings. The molecule has 3 atom stereocenters. The van der Waals surface area contributed by atoms with E-state index in [4.69, 9.17) is 9.47 Å². The zero-order valence-corrected chi connectivity index (χ0v) is 13.6. The minimum absolute atomic E-state index is 0.0443. The third-order valence-electron chi connectivity index (χ3n) is 4.09. The Hall–Kier alpha value is -2.35. The van der Waals surface area contributed by atoms with Crippen LogP contribution in [-0.2, 0) is 19.1 Å². The van der Waals surface area contributed by atoms with E-state index in [-0.39, 0.29) is 30.3 Å². The number of nitro groups is 1. The predicted molar refractivity (Wildman–Crippen MR) is 83.2 cm³/mol. The Morgan fingerprint density at radius 2 is 2.29 bits per heavy atom. The van der Waals surface area contributed by atoms with E-state index >= 15 is 0 Å². The van der Waals surface area contributed by atoms with Gasteiger partial charge in [-0.15, -0.1) is 0 Å². The van der Waals surface area contributed by atoms with Crippen LogP contribution in [0, 0.1) is 16.0 Å². The van der Waals surface area contributed by atoms with E-state index in [1.807, 2.05) is 0 Å². The quantitative estimate of drug-likeness (QED) is 0.445. The van der Waals surface area contributed by atoms with Crippen molar-refractivity contribution < 1.29 is 24.0 Å². The number of carbonyl (C=O) groups is 2. The van der Waals surface area contributed by atoms with Gasteiger partial charge in [0.2, 0.25) is 0 Å². The fraction of sp³-hybridized carbons (Fsp3) is 0.562. The number of aromatic nitrogens is 1. The summed E-state index contributed by atoms with van der Waals surface area (Å²) < 4.78 is 10.7. The molecule has 0 amide bonds. The largest absolute Gasteiger partial charge is 0.466 e. The molecule has 0 bridgehead atoms. The molecule has 1 aliphatic rings. The minimum Gasteiger partial charge on any atom is -0.466 e. The van der Waals surface area contributed by atoms with E-state index in [0.29, 0.717) is 18.6 Å². The summed E-state index contributed by atoms with van der Waals surface area (Å²) in [5.41, 5.74) is 0.187. The summed E-state index contributed by atoms with van der Waals surface area (Å²) in [5, 5.41) is 11.1. The van der Waals surface area contributed by atoms with Crippen LogP contribution in [0.15, 0.2) is 18.5 Å². The number of pyridine rings is 1. The Kier molecular flexibility index (Phi) is 5.97. The maximum atomic E-state index is 12.4. The molecule has 1 saturated heterocycles. The molecule has 0 radical (unpaired) electrons. The van der Waals surface area contributed by atoms with Crippen LogP contribution in [0.2, 0.25) is 0 Å². The highest BCUT2D eigenvalue weighted by molar-refractivity contribution is 5.83. The third-order valence-corrected chi connectivity index (χ3v) is 4.09. The van der Waals surface area contributed by atoms with Crippen molar-refractivity contribution in [3.8, 4) is 0 Å². The molecule has 2 rings (SSSR count). The monoisotopic (exact) mass is 336 g/mol. The lowest BCUT2D eigenvalue weighted by Gasteiger charge is -2.33. The molecule has 24 heavy (non-hydrogen) atoms. The average Bonchev–Trinajstić information content (AvgIpc) is 2.54. The Morgan fingerprint density at radius 3 is 2.92 bits per heavy atom. The van der Waals surface area contributed by atoms with Gasteiger partial charge >= 0.3 is 5.97 Å². The lowest BCUT2D eigenvalue weighted by Crippen LogP contribution is -2.37. The number of ketones is 1. The molecule has 0 aliphatic carbocycles. The summed E-state index contributed by atoms with van der Waals surface area (Å²) >= 11 is 0. The fourth-order valence-electron chi connectivity index (χ4n) is 2.91. The van der Waals surface area contributed by atoms with Gasteiger partial charge in [0.15, 0.2) is 0 Å². The third kappa shape index (κ3) is 4.14. The first kappa shape index (κ1) is 18.0. The molecule has 1 aromatic heterocycles. The molecule has 3 unspecified atom stereocenters. The SMILES string of the molecule is CCOC(=O)CCC1C(=O)CC(c2ccncc2[N+](=O)[O-])OC1C. The van der Waals surface area contributed by atoms with Crippen LogP contribution in [0.5, 0.6) is 0 Å². The predicted octanol–water partition coefficient (Wildman–Crippen LogP) is 2.37. The van der Waals surface area contributed by atoms with Crippen molar-refractivity contribution in [3.05, 3.63) is 34.1 Å². The van der Waals surface area contributed by atoms with Gasteiger partial charge in [-0.1, -0.05) is 0 Å². The zero-order chi connectivity index (χ0) is 17.7. The van der Waals surface area contributed by atoms with Crippen molar-refractivity contribution in [1.29, 1.82) is 0 Å². The number of carbonyl (C=O) groups excluding carboxylic acids is 2. The van der Waals surface area contributed by atoms with E-state index in [2.05, 4.69) is 4.98 Å². The van der Waals surface area contributed by atoms with Crippen LogP contribution in [-0.4, -0.2) is 34.4 Å². The maximum absolute atomic E-state index is 12.4. The first-order chi connectivity index (χ1) is 11.4. The van der Waals surface area contributed by atoms with E-state index in [1.165, 1.54) is 12.3 Å². The van der Waals surface area contributed by atoms with Crippen LogP contribution in [0.3, 0.4) is 0 Å². The maximum Gasteiger partial charge on any atom is 0.305 e. The Bertz CT molecular complexity index is 633. The van der Waals surface area contributed by atoms with Crippen molar-refractivity contribution in [2.75, 3.05) is 6.61 Å². The fourth-order valence-corrected chi connectivity index (χ4v) is 2.91. The molecule has 130 valence electrons. The number of hydrogen-bond donors (Lipinski definition) is 0. The highest BCUT2D eigenvalue weighted by Crippen LogP contribution is 2.37. The zero-order valence-electron chi connectivity index (χ0n) is 13.6. The molecule has 0 saturated carbocycles. The van der Waals surface area contributed by atoms with Crippen LogP contribution >= 0.6 is 0 Å². The highest BCUT2D eigenvalue weighted by atomic mass is 16.6. The lowest BCUT2D eigenvalue weighted by atomic mass is 9.85. The van der Waals surface area contributed by atoms with Gasteiger partial charge in [-0.3, -0.25) is 24.7 Å². The second-order valence-corrected chi connectivity index (χ2v) is 5.64. The highest BCUT2D eigenvalue weighted by Gasteiger charge is 2.38. The van der Waals surface area contributed by atoms with Gasteiger partial charge in [-0.2, -0.15) is 0 Å². The van der Waals surface area contributed by atoms with Gasteiger partial charge in [0.25, 0.3) is 5.69 Å². The molecule has 8 nitrogen and oxygen atoms in total. The Labute approximate surface area is 139 Å². The molecular formula is C16H20N2O6. The summed E-state index contributed by atoms with van der Waals surface area (Å²) in [6.45, 7) is 3.77. The average molecular weight is 336 g/mol. The van der Waals surface area contributed by atoms with Gasteiger partial charge < -0.3 is 9.47 Å². The van der Waals surface area contributed by atoms with Gasteiger partial charge in [-0.05, 0) is 26.3 Å². The van der Waals surface area contributed by atoms with Crippen LogP contribution < -0.4 is 0 Å². The van der Waals surface area contributed by atoms with Crippen molar-refractivity contribution >= 4 is 17.4 Å². The first-order valence-electron chi connectivity index (χ1n) is 7.86. The Morgan fingerprint density at radius 1 is 1.54 bits per heavy atom. The number of Topliss-reactive ketones (excluding diaryl/α,β-unsaturated/α-hetero) is 1. The van der Waals surface area contributed by atoms with Crippen LogP contribution in [0.4, 0.5) is 5.69 Å². The number of rotatable bonds is 6. The summed E-state index contributed by atoms with van der Waals surface area (Å²) in [5.74, 6) is -0.815. The van der Waals surface area contributed by atoms with Crippen molar-refractivity contribution in [2.45, 2.75) is 45.3 Å². The standard InChI is InChI=1S/C16H20N2O6/c1-3-23-16(20)5-4-11-10(2)24-15(8-14(11)19)12-6-7-17-9-13(12)18(21)22/h6-7,9-11,15H,3-5,8H2,1-2H3. The van der Waals surface area contributed by atoms with Crippen LogP contribution in [0.25, 0.3) is 0 Å². The van der Waals surface area contributed by atoms with E-state index in [1.54, 1.807) is 13.8 Å². The van der Waals surface area contributed by atoms with Crippen molar-refractivity contribution in [3.63, 3.8) is 0 Å². The summed E-state index contributed by atoms with van der Waals surface area (Å²) in [4.78, 5) is 38.2. The van der Waals surface area contributed by atoms with E-state index in [9.17, 15) is 19.7 Å². The number of nitrogens with zero attached hydrogens (tertiary/aromatic N) is 2. The van der Waals surface area contributed by atoms with Crippen molar-refractivity contribution in [2.24, 2.45) is 5.92 Å². The van der Waals surface area contributed by atoms with Gasteiger partial charge in [0.05, 0.1) is 29.3 Å². The topological polar surface area (TPSA) is 109 Å². The number of hydrogen-bond acceptors (Lipinski definition) is 7. The molecule has 8 heteroatoms. The molecular weight excluding hydrogens is 316 g/mol. The molecule has 1 aliphatic heterocycles. The Balaban J connectivity index is 2.07. The summed E-state index contributed by atoms with van der Waals surface area (Å²) in [7, 11) is 0. The molecule has 0 spiro atoms. The first-order valence-corrected chi connectivity index (χ1v) is 7.86. The summed E-state index contributed by atoms with van der Waals surface area (Å²) in [6.07, 6.45) is 2.03. The van der Waals surface area contributed by atoms with E-state index in [0.717, 1.165) is 6.20 Å². The smallest absolute Gasteiger partial charge is 0.305 e. The molecule has 0 N–H and O–H groups in total. The van der Waals surface area contributed by atoms with Gasteiger partial charge in [0, 0.05) is 25.0 Å². The second-order valence-electron chi connectivity index (χ2n) is 5.64.